The van der Waals surface area contributed by atoms with E-state index in [-0.39, 0.29) is 74.8 Å². The molecule has 4 unspecified atom stereocenters. The molecule has 3 heterocycles. The molecule has 2 saturated heterocycles. The number of nitrogens with one attached hydrogen (secondary N) is 1. The maximum Gasteiger partial charge on any atom is 0.474 e. The van der Waals surface area contributed by atoms with E-state index in [0.717, 1.165) is 36.7 Å². The van der Waals surface area contributed by atoms with Crippen molar-refractivity contribution in [1.82, 2.24) is 14.6 Å². The van der Waals surface area contributed by atoms with Crippen molar-refractivity contribution in [2.45, 2.75) is 122 Å². The molecule has 2 amide bonds. The van der Waals surface area contributed by atoms with Gasteiger partial charge in [-0.3, -0.25) is 47.1 Å². The summed E-state index contributed by atoms with van der Waals surface area (Å²) in [5.74, 6) is -2.47. The number of nitrogens with zero attached hydrogens (tertiary/aromatic N) is 3. The van der Waals surface area contributed by atoms with E-state index < -0.39 is 67.9 Å². The van der Waals surface area contributed by atoms with Crippen LogP contribution in [0.3, 0.4) is 0 Å². The zero-order chi connectivity index (χ0) is 38.1. The number of ether oxygens (including phenoxy) is 2. The number of nitriles is 1. The van der Waals surface area contributed by atoms with E-state index in [2.05, 4.69) is 20.9 Å². The molecule has 2 fully saturated rings. The molecule has 0 spiro atoms. The Hall–Kier alpha value is -3.53. The smallest absolute Gasteiger partial charge is 0.459 e. The highest BCUT2D eigenvalue weighted by atomic mass is 79.9. The molecule has 3 rings (SSSR count). The van der Waals surface area contributed by atoms with Gasteiger partial charge in [0.25, 0.3) is 17.4 Å². The largest absolute Gasteiger partial charge is 0.474 e. The monoisotopic (exact) mass is 818 g/mol. The minimum Gasteiger partial charge on any atom is -0.459 e. The van der Waals surface area contributed by atoms with Gasteiger partial charge in [0.2, 0.25) is 0 Å². The number of esters is 1. The van der Waals surface area contributed by atoms with Gasteiger partial charge in [-0.15, -0.1) is 5.06 Å². The minimum absolute atomic E-state index is 0.00241. The number of rotatable bonds is 24. The van der Waals surface area contributed by atoms with E-state index in [1.54, 1.807) is 6.92 Å². The molecule has 1 aromatic heterocycles. The van der Waals surface area contributed by atoms with Crippen molar-refractivity contribution < 1.29 is 56.4 Å². The summed E-state index contributed by atoms with van der Waals surface area (Å²) in [4.78, 5) is 90.7. The Kier molecular flexibility index (Phi) is 18.0. The van der Waals surface area contributed by atoms with Crippen molar-refractivity contribution in [3.8, 4) is 6.07 Å². The third-order valence-corrected chi connectivity index (χ3v) is 10.1. The average molecular weight is 820 g/mol. The molecule has 0 radical (unpaired) electrons. The molecule has 1 aromatic rings. The fourth-order valence-corrected chi connectivity index (χ4v) is 6.72. The first-order chi connectivity index (χ1) is 24.9. The second-order valence-electron chi connectivity index (χ2n) is 12.0. The number of carbonyl (C=O) groups excluding carboxylic acids is 5. The summed E-state index contributed by atoms with van der Waals surface area (Å²) in [6.45, 7) is 0.979. The van der Waals surface area contributed by atoms with Crippen molar-refractivity contribution in [3.05, 3.63) is 31.5 Å². The molecule has 20 heteroatoms. The first kappa shape index (κ1) is 42.9. The number of phosphoric acid groups is 1. The van der Waals surface area contributed by atoms with Crippen LogP contribution in [-0.2, 0) is 56.4 Å². The zero-order valence-electron chi connectivity index (χ0n) is 28.9. The predicted octanol–water partition coefficient (Wildman–Crippen LogP) is 4.06. The van der Waals surface area contributed by atoms with Crippen LogP contribution < -0.4 is 11.2 Å². The van der Waals surface area contributed by atoms with Crippen LogP contribution in [-0.4, -0.2) is 76.2 Å². The first-order valence-electron chi connectivity index (χ1n) is 17.2. The number of Topliss-reactive ketones (excluding diaryl/α,β-unsaturated/α-hetero) is 1. The molecular weight excluding hydrogens is 775 g/mol. The summed E-state index contributed by atoms with van der Waals surface area (Å²) in [5.41, 5.74) is -1.43. The number of unbranched alkanes of at least 4 members (excludes halogenated alkanes) is 6. The lowest BCUT2D eigenvalue weighted by Gasteiger charge is -2.22. The maximum absolute atomic E-state index is 13.5. The molecule has 2 aliphatic rings. The lowest BCUT2D eigenvalue weighted by molar-refractivity contribution is -0.197. The molecular formula is C32H44BrN4O14P. The number of aromatic amines is 1. The van der Waals surface area contributed by atoms with Gasteiger partial charge in [0.05, 0.1) is 43.2 Å². The number of halogens is 1. The Bertz CT molecular complexity index is 1610. The van der Waals surface area contributed by atoms with Crippen LogP contribution in [0.2, 0.25) is 0 Å². The fourth-order valence-electron chi connectivity index (χ4n) is 5.18. The van der Waals surface area contributed by atoms with E-state index in [1.165, 1.54) is 6.20 Å². The lowest BCUT2D eigenvalue weighted by atomic mass is 10.1. The van der Waals surface area contributed by atoms with E-state index in [1.807, 2.05) is 6.07 Å². The Morgan fingerprint density at radius 3 is 2.27 bits per heavy atom. The summed E-state index contributed by atoms with van der Waals surface area (Å²) < 4.78 is 42.7. The number of carbonyl (C=O) groups is 5. The Balaban J connectivity index is 1.47. The second-order valence-corrected chi connectivity index (χ2v) is 14.5. The van der Waals surface area contributed by atoms with Gasteiger partial charge in [-0.25, -0.2) is 14.2 Å². The molecule has 1 N–H and O–H groups in total. The number of H-pyrrole nitrogens is 1. The van der Waals surface area contributed by atoms with Crippen molar-refractivity contribution in [1.29, 1.82) is 5.26 Å². The second kappa shape index (κ2) is 21.9. The van der Waals surface area contributed by atoms with Crippen molar-refractivity contribution in [2.24, 2.45) is 0 Å². The van der Waals surface area contributed by atoms with E-state index in [0.29, 0.717) is 17.9 Å². The van der Waals surface area contributed by atoms with E-state index in [9.17, 15) is 38.1 Å². The van der Waals surface area contributed by atoms with Crippen molar-refractivity contribution in [3.63, 3.8) is 0 Å². The van der Waals surface area contributed by atoms with Crippen LogP contribution in [0.5, 0.6) is 0 Å². The first-order valence-corrected chi connectivity index (χ1v) is 19.5. The Morgan fingerprint density at radius 1 is 0.942 bits per heavy atom. The van der Waals surface area contributed by atoms with Gasteiger partial charge in [-0.1, -0.05) is 39.0 Å². The molecule has 4 atom stereocenters. The molecule has 2 aliphatic heterocycles. The molecule has 52 heavy (non-hydrogen) atoms. The summed E-state index contributed by atoms with van der Waals surface area (Å²) in [5, 5.41) is 9.47. The molecule has 0 aliphatic carbocycles. The van der Waals surface area contributed by atoms with Crippen LogP contribution >= 0.6 is 23.8 Å². The quantitative estimate of drug-likeness (QED) is 0.0670. The Labute approximate surface area is 308 Å². The SMILES string of the molecule is CCC(=O)CCC(=O)OC1CC(n2cc(Br)c(=O)[nH]c2=O)OC1COP(=O)(OCCC#N)OCCCCCCCCCC(=O)ON1C(=O)CCC1=O. The third-order valence-electron chi connectivity index (χ3n) is 8.03. The van der Waals surface area contributed by atoms with Crippen LogP contribution in [0.15, 0.2) is 20.3 Å². The average Bonchev–Trinajstić information content (AvgIpc) is 3.66. The fraction of sp³-hybridized carbons (Fsp3) is 0.688. The summed E-state index contributed by atoms with van der Waals surface area (Å²) in [6, 6.07) is 1.88. The summed E-state index contributed by atoms with van der Waals surface area (Å²) >= 11 is 3.07. The van der Waals surface area contributed by atoms with Crippen molar-refractivity contribution in [2.75, 3.05) is 19.8 Å². The van der Waals surface area contributed by atoms with Gasteiger partial charge in [-0.2, -0.15) is 5.26 Å². The van der Waals surface area contributed by atoms with Crippen LogP contribution in [0.1, 0.15) is 109 Å². The Morgan fingerprint density at radius 2 is 1.60 bits per heavy atom. The minimum atomic E-state index is -4.24. The number of hydrogen-bond donors (Lipinski definition) is 1. The molecule has 0 aromatic carbocycles. The van der Waals surface area contributed by atoms with Crippen molar-refractivity contribution >= 4 is 53.3 Å². The number of imide groups is 1. The normalized spacial score (nSPS) is 19.7. The number of phosphoric ester groups is 1. The van der Waals surface area contributed by atoms with Gasteiger partial charge in [-0.05, 0) is 28.8 Å². The van der Waals surface area contributed by atoms with Gasteiger partial charge in [0.1, 0.15) is 24.2 Å². The van der Waals surface area contributed by atoms with Crippen LogP contribution in [0.4, 0.5) is 0 Å². The predicted molar refractivity (Wildman–Crippen MR) is 182 cm³/mol. The molecule has 0 bridgehead atoms. The van der Waals surface area contributed by atoms with Gasteiger partial charge < -0.3 is 14.3 Å². The number of hydrogen-bond acceptors (Lipinski definition) is 15. The summed E-state index contributed by atoms with van der Waals surface area (Å²) in [7, 11) is -4.24. The summed E-state index contributed by atoms with van der Waals surface area (Å²) in [6.07, 6.45) is 3.29. The number of aromatic nitrogens is 2. The maximum atomic E-state index is 13.5. The number of ketones is 1. The molecule has 0 saturated carbocycles. The number of hydroxylamine groups is 2. The zero-order valence-corrected chi connectivity index (χ0v) is 31.4. The van der Waals surface area contributed by atoms with Crippen LogP contribution in [0, 0.1) is 11.3 Å². The lowest BCUT2D eigenvalue weighted by Crippen LogP contribution is -2.32. The van der Waals surface area contributed by atoms with Crippen LogP contribution in [0.25, 0.3) is 0 Å². The highest BCUT2D eigenvalue weighted by Crippen LogP contribution is 2.50. The highest BCUT2D eigenvalue weighted by Gasteiger charge is 2.42. The van der Waals surface area contributed by atoms with E-state index in [4.69, 9.17) is 33.1 Å². The highest BCUT2D eigenvalue weighted by molar-refractivity contribution is 9.10. The molecule has 18 nitrogen and oxygen atoms in total. The standard InChI is InChI=1S/C32H44BrN4O14P/c1-2-22(38)12-15-29(41)50-24-19-28(36-20-23(33)31(43)35-32(36)44)49-25(24)21-48-52(45,47-18-10-16-34)46-17-9-7-5-3-4-6-8-11-30(42)51-37-26(39)13-14-27(37)40/h20,24-25,28H,2-15,17-19,21H2,1H3,(H,35,43,44). The molecule has 288 valence electrons. The van der Waals surface area contributed by atoms with Gasteiger partial charge in [0.15, 0.2) is 0 Å². The number of amides is 2. The van der Waals surface area contributed by atoms with Gasteiger partial charge in [0, 0.05) is 44.7 Å². The van der Waals surface area contributed by atoms with E-state index >= 15 is 0 Å². The third kappa shape index (κ3) is 14.1. The van der Waals surface area contributed by atoms with Gasteiger partial charge >= 0.3 is 25.5 Å². The topological polar surface area (TPSA) is 240 Å².